The van der Waals surface area contributed by atoms with Crippen molar-refractivity contribution in [2.24, 2.45) is 4.99 Å². The molecule has 1 heterocycles. The molecule has 0 spiro atoms. The zero-order chi connectivity index (χ0) is 12.5. The molecule has 0 saturated carbocycles. The predicted octanol–water partition coefficient (Wildman–Crippen LogP) is 3.53. The first kappa shape index (κ1) is 11.6. The van der Waals surface area contributed by atoms with Gasteiger partial charge in [-0.2, -0.15) is 0 Å². The van der Waals surface area contributed by atoms with Gasteiger partial charge >= 0.3 is 0 Å². The maximum Gasteiger partial charge on any atom is 0.217 e. The lowest BCUT2D eigenvalue weighted by Gasteiger charge is -2.07. The fraction of sp³-hybridized carbons (Fsp3) is 0.267. The second-order valence-electron chi connectivity index (χ2n) is 4.77. The van der Waals surface area contributed by atoms with Crippen LogP contribution in [0.4, 0.5) is 0 Å². The molecule has 1 aliphatic rings. The third-order valence-electron chi connectivity index (χ3n) is 2.73. The Hall–Kier alpha value is -1.83. The van der Waals surface area contributed by atoms with Crippen molar-refractivity contribution in [1.29, 1.82) is 0 Å². The van der Waals surface area contributed by atoms with Crippen LogP contribution in [0.1, 0.15) is 30.5 Å². The Kier molecular flexibility index (Phi) is 2.88. The summed E-state index contributed by atoms with van der Waals surface area (Å²) in [4.78, 5) is 4.59. The third kappa shape index (κ3) is 2.31. The first-order chi connectivity index (χ1) is 8.05. The maximum absolute atomic E-state index is 5.66. The molecule has 1 aromatic rings. The van der Waals surface area contributed by atoms with Crippen molar-refractivity contribution in [2.75, 3.05) is 6.61 Å². The van der Waals surface area contributed by atoms with Gasteiger partial charge < -0.3 is 4.74 Å². The van der Waals surface area contributed by atoms with Crippen LogP contribution in [-0.4, -0.2) is 18.0 Å². The Morgan fingerprint density at radius 3 is 2.59 bits per heavy atom. The van der Waals surface area contributed by atoms with Crippen LogP contribution in [0.25, 0.3) is 12.2 Å². The minimum Gasteiger partial charge on any atom is -0.475 e. The number of hydrogen-bond acceptors (Lipinski definition) is 2. The van der Waals surface area contributed by atoms with Gasteiger partial charge in [0.05, 0.1) is 5.54 Å². The standard InChI is InChI=1S/C15H17NO/c1-5-11-7-8-12(6-2)13(9-11)14-16-15(3,4)10-17-14/h5-9H,1-2,10H2,3-4H3. The van der Waals surface area contributed by atoms with Gasteiger partial charge in [-0.05, 0) is 31.0 Å². The van der Waals surface area contributed by atoms with Crippen molar-refractivity contribution < 1.29 is 4.74 Å². The molecule has 2 heteroatoms. The predicted molar refractivity (Wildman–Crippen MR) is 73.2 cm³/mol. The van der Waals surface area contributed by atoms with Crippen LogP contribution in [0.15, 0.2) is 36.3 Å². The molecule has 0 saturated heterocycles. The maximum atomic E-state index is 5.66. The quantitative estimate of drug-likeness (QED) is 0.774. The molecule has 0 aliphatic carbocycles. The number of ether oxygens (including phenoxy) is 1. The van der Waals surface area contributed by atoms with E-state index in [1.807, 2.05) is 30.4 Å². The van der Waals surface area contributed by atoms with Gasteiger partial charge in [-0.3, -0.25) is 0 Å². The zero-order valence-corrected chi connectivity index (χ0v) is 10.4. The topological polar surface area (TPSA) is 21.6 Å². The fourth-order valence-electron chi connectivity index (χ4n) is 1.79. The summed E-state index contributed by atoms with van der Waals surface area (Å²) >= 11 is 0. The average Bonchev–Trinajstić information content (AvgIpc) is 2.68. The molecule has 0 N–H and O–H groups in total. The van der Waals surface area contributed by atoms with Crippen molar-refractivity contribution in [3.05, 3.63) is 48.0 Å². The van der Waals surface area contributed by atoms with Crippen LogP contribution in [0.5, 0.6) is 0 Å². The minimum absolute atomic E-state index is 0.141. The van der Waals surface area contributed by atoms with Gasteiger partial charge in [-0.1, -0.05) is 37.4 Å². The molecule has 1 aromatic carbocycles. The largest absolute Gasteiger partial charge is 0.475 e. The van der Waals surface area contributed by atoms with E-state index in [1.54, 1.807) is 0 Å². The highest BCUT2D eigenvalue weighted by Crippen LogP contribution is 2.24. The lowest BCUT2D eigenvalue weighted by molar-refractivity contribution is 0.279. The van der Waals surface area contributed by atoms with E-state index in [-0.39, 0.29) is 5.54 Å². The van der Waals surface area contributed by atoms with E-state index in [1.165, 1.54) is 0 Å². The van der Waals surface area contributed by atoms with Gasteiger partial charge in [0.15, 0.2) is 0 Å². The smallest absolute Gasteiger partial charge is 0.217 e. The molecular weight excluding hydrogens is 210 g/mol. The Morgan fingerprint density at radius 1 is 1.29 bits per heavy atom. The Balaban J connectivity index is 2.50. The molecular formula is C15H17NO. The number of aliphatic imine (C=N–C) groups is 1. The number of hydrogen-bond donors (Lipinski definition) is 0. The van der Waals surface area contributed by atoms with Gasteiger partial charge in [0, 0.05) is 5.56 Å². The van der Waals surface area contributed by atoms with E-state index < -0.39 is 0 Å². The molecule has 0 amide bonds. The van der Waals surface area contributed by atoms with Crippen LogP contribution >= 0.6 is 0 Å². The van der Waals surface area contributed by atoms with Crippen LogP contribution in [-0.2, 0) is 4.74 Å². The molecule has 0 aromatic heterocycles. The Morgan fingerprint density at radius 2 is 2.06 bits per heavy atom. The molecule has 0 unspecified atom stereocenters. The van der Waals surface area contributed by atoms with E-state index in [2.05, 4.69) is 32.0 Å². The molecule has 0 bridgehead atoms. The van der Waals surface area contributed by atoms with E-state index in [9.17, 15) is 0 Å². The first-order valence-corrected chi connectivity index (χ1v) is 5.68. The van der Waals surface area contributed by atoms with Crippen molar-refractivity contribution in [3.63, 3.8) is 0 Å². The average molecular weight is 227 g/mol. The van der Waals surface area contributed by atoms with E-state index in [4.69, 9.17) is 4.74 Å². The summed E-state index contributed by atoms with van der Waals surface area (Å²) in [5.74, 6) is 0.702. The van der Waals surface area contributed by atoms with Crippen LogP contribution in [0.2, 0.25) is 0 Å². The van der Waals surface area contributed by atoms with E-state index in [0.29, 0.717) is 12.5 Å². The lowest BCUT2D eigenvalue weighted by Crippen LogP contribution is -2.17. The molecule has 1 aliphatic heterocycles. The second kappa shape index (κ2) is 4.21. The van der Waals surface area contributed by atoms with Crippen LogP contribution in [0.3, 0.4) is 0 Å². The third-order valence-corrected chi connectivity index (χ3v) is 2.73. The number of rotatable bonds is 3. The van der Waals surface area contributed by atoms with Crippen LogP contribution < -0.4 is 0 Å². The van der Waals surface area contributed by atoms with Crippen molar-refractivity contribution in [1.82, 2.24) is 0 Å². The monoisotopic (exact) mass is 227 g/mol. The molecule has 0 fully saturated rings. The van der Waals surface area contributed by atoms with Gasteiger partial charge in [-0.15, -0.1) is 0 Å². The Labute approximate surface area is 102 Å². The van der Waals surface area contributed by atoms with E-state index >= 15 is 0 Å². The van der Waals surface area contributed by atoms with Gasteiger partial charge in [-0.25, -0.2) is 4.99 Å². The highest BCUT2D eigenvalue weighted by molar-refractivity contribution is 5.99. The Bertz CT molecular complexity index is 498. The molecule has 17 heavy (non-hydrogen) atoms. The summed E-state index contributed by atoms with van der Waals surface area (Å²) in [7, 11) is 0. The summed E-state index contributed by atoms with van der Waals surface area (Å²) < 4.78 is 5.66. The molecule has 2 rings (SSSR count). The van der Waals surface area contributed by atoms with Crippen molar-refractivity contribution >= 4 is 18.0 Å². The highest BCUT2D eigenvalue weighted by atomic mass is 16.5. The normalized spacial score (nSPS) is 17.2. The highest BCUT2D eigenvalue weighted by Gasteiger charge is 2.27. The molecule has 88 valence electrons. The zero-order valence-electron chi connectivity index (χ0n) is 10.4. The summed E-state index contributed by atoms with van der Waals surface area (Å²) in [5.41, 5.74) is 2.94. The van der Waals surface area contributed by atoms with Crippen LogP contribution in [0, 0.1) is 0 Å². The first-order valence-electron chi connectivity index (χ1n) is 5.68. The van der Waals surface area contributed by atoms with Gasteiger partial charge in [0.25, 0.3) is 0 Å². The summed E-state index contributed by atoms with van der Waals surface area (Å²) in [6, 6.07) is 6.05. The van der Waals surface area contributed by atoms with Crippen molar-refractivity contribution in [3.8, 4) is 0 Å². The SMILES string of the molecule is C=Cc1ccc(C=C)c(C2=NC(C)(C)CO2)c1. The molecule has 0 atom stereocenters. The lowest BCUT2D eigenvalue weighted by atomic mass is 10.0. The van der Waals surface area contributed by atoms with Crippen molar-refractivity contribution in [2.45, 2.75) is 19.4 Å². The number of nitrogens with zero attached hydrogens (tertiary/aromatic N) is 1. The molecule has 0 radical (unpaired) electrons. The fourth-order valence-corrected chi connectivity index (χ4v) is 1.79. The minimum atomic E-state index is -0.141. The summed E-state index contributed by atoms with van der Waals surface area (Å²) in [5, 5.41) is 0. The number of benzene rings is 1. The van der Waals surface area contributed by atoms with Gasteiger partial charge in [0.1, 0.15) is 6.61 Å². The second-order valence-corrected chi connectivity index (χ2v) is 4.77. The summed E-state index contributed by atoms with van der Waals surface area (Å²) in [6.45, 7) is 12.3. The van der Waals surface area contributed by atoms with Gasteiger partial charge in [0.2, 0.25) is 5.90 Å². The van der Waals surface area contributed by atoms with E-state index in [0.717, 1.165) is 16.7 Å². The summed E-state index contributed by atoms with van der Waals surface area (Å²) in [6.07, 6.45) is 3.64. The molecule has 2 nitrogen and oxygen atoms in total.